The topological polar surface area (TPSA) is 184 Å². The summed E-state index contributed by atoms with van der Waals surface area (Å²) in [6.45, 7) is 3.30. The van der Waals surface area contributed by atoms with E-state index in [2.05, 4.69) is 0 Å². The number of aromatic nitrogens is 1. The van der Waals surface area contributed by atoms with E-state index in [0.717, 1.165) is 22.5 Å². The molecule has 15 nitrogen and oxygen atoms in total. The van der Waals surface area contributed by atoms with E-state index in [-0.39, 0.29) is 80.2 Å². The number of ether oxygens (including phenoxy) is 5. The van der Waals surface area contributed by atoms with Crippen molar-refractivity contribution < 1.29 is 38.3 Å². The number of fused-ring (bicyclic) bond motifs is 1. The van der Waals surface area contributed by atoms with Gasteiger partial charge >= 0.3 is 5.97 Å². The smallest absolute Gasteiger partial charge is 0.338 e. The van der Waals surface area contributed by atoms with Crippen LogP contribution in [-0.4, -0.2) is 41.2 Å². The molecule has 55 heavy (non-hydrogen) atoms. The van der Waals surface area contributed by atoms with Gasteiger partial charge in [-0.1, -0.05) is 72.0 Å². The quantitative estimate of drug-likeness (QED) is 0.0745. The highest BCUT2D eigenvalue weighted by atomic mass is 32.1. The van der Waals surface area contributed by atoms with E-state index >= 15 is 0 Å². The maximum Gasteiger partial charge on any atom is 0.338 e. The third-order valence-corrected chi connectivity index (χ3v) is 9.60. The average Bonchev–Trinajstić information content (AvgIpc) is 3.50. The van der Waals surface area contributed by atoms with E-state index in [1.165, 1.54) is 56.1 Å². The molecule has 0 radical (unpaired) electrons. The molecule has 0 spiro atoms. The summed E-state index contributed by atoms with van der Waals surface area (Å²) >= 11 is 0.886. The summed E-state index contributed by atoms with van der Waals surface area (Å²) in [4.78, 5) is 56.0. The Labute approximate surface area is 317 Å². The number of allylic oxidation sites excluding steroid dienone is 1. The summed E-state index contributed by atoms with van der Waals surface area (Å²) in [5, 5.41) is 24.8. The lowest BCUT2D eigenvalue weighted by Crippen LogP contribution is -2.35. The third-order valence-electron chi connectivity index (χ3n) is 8.61. The highest BCUT2D eigenvalue weighted by molar-refractivity contribution is 7.07. The number of hydrogen-bond acceptors (Lipinski definition) is 13. The highest BCUT2D eigenvalue weighted by Crippen LogP contribution is 2.43. The SMILES string of the molecule is CCOC(=O)C1=C(C)n2c(s/c(=C\c3cc(OC)c(OCc4ccccc4)cc3[N+](=O)[O-])c2=O)=N[C@H]1c1cc(OC)c(OCc2ccccc2)cc1[N+](=O)[O-]. The Kier molecular flexibility index (Phi) is 11.4. The molecule has 2 heterocycles. The van der Waals surface area contributed by atoms with Crippen LogP contribution in [0.1, 0.15) is 42.1 Å². The molecule has 5 aromatic rings. The van der Waals surface area contributed by atoms with Gasteiger partial charge in [0, 0.05) is 5.70 Å². The van der Waals surface area contributed by atoms with E-state index in [0.29, 0.717) is 0 Å². The van der Waals surface area contributed by atoms with Gasteiger partial charge in [0.1, 0.15) is 19.3 Å². The molecule has 1 aliphatic heterocycles. The number of nitro groups is 2. The van der Waals surface area contributed by atoms with Crippen LogP contribution in [0.3, 0.4) is 0 Å². The molecular weight excluding hydrogens is 733 g/mol. The van der Waals surface area contributed by atoms with Gasteiger partial charge in [-0.2, -0.15) is 0 Å². The average molecular weight is 767 g/mol. The standard InChI is InChI=1S/C39H34N4O11S/c1-5-52-38(45)35-23(2)41-37(44)34(17-26-16-30(50-3)32(19-28(26)42(46)47)53-21-24-12-8-6-9-13-24)55-39(41)40-36(35)27-18-31(51-4)33(20-29(27)43(48)49)54-22-25-14-10-7-11-15-25/h6-20,36H,5,21-22H2,1-4H3/b34-17-/t36-/m0/s1. The van der Waals surface area contributed by atoms with Crippen LogP contribution in [0, 0.1) is 20.2 Å². The number of carbonyl (C=O) groups excluding carboxylic acids is 1. The van der Waals surface area contributed by atoms with Gasteiger partial charge < -0.3 is 23.7 Å². The van der Waals surface area contributed by atoms with Gasteiger partial charge in [-0.3, -0.25) is 29.6 Å². The molecule has 1 atom stereocenters. The zero-order valence-corrected chi connectivity index (χ0v) is 30.9. The number of nitrogens with zero attached hydrogens (tertiary/aromatic N) is 4. The maximum absolute atomic E-state index is 14.0. The number of nitro benzene ring substituents is 2. The van der Waals surface area contributed by atoms with Crippen LogP contribution in [0.5, 0.6) is 23.0 Å². The number of benzene rings is 4. The zero-order valence-electron chi connectivity index (χ0n) is 30.0. The molecule has 0 fully saturated rings. The predicted octanol–water partition coefficient (Wildman–Crippen LogP) is 5.90. The largest absolute Gasteiger partial charge is 0.493 e. The van der Waals surface area contributed by atoms with Crippen molar-refractivity contribution in [1.29, 1.82) is 0 Å². The van der Waals surface area contributed by atoms with E-state index in [1.54, 1.807) is 6.92 Å². The Morgan fingerprint density at radius 1 is 0.836 bits per heavy atom. The van der Waals surface area contributed by atoms with Crippen molar-refractivity contribution >= 4 is 40.5 Å². The van der Waals surface area contributed by atoms with Crippen LogP contribution in [0.4, 0.5) is 11.4 Å². The molecule has 0 N–H and O–H groups in total. The van der Waals surface area contributed by atoms with Crippen LogP contribution in [-0.2, 0) is 22.7 Å². The van der Waals surface area contributed by atoms with Crippen LogP contribution in [0.15, 0.2) is 100 Å². The normalized spacial score (nSPS) is 13.7. The Hall–Kier alpha value is -6.81. The van der Waals surface area contributed by atoms with Gasteiger partial charge in [0.25, 0.3) is 16.9 Å². The molecule has 0 unspecified atom stereocenters. The minimum atomic E-state index is -1.31. The summed E-state index contributed by atoms with van der Waals surface area (Å²) in [5.41, 5.74) is 0.289. The lowest BCUT2D eigenvalue weighted by Gasteiger charge is -2.23. The Balaban J connectivity index is 1.48. The van der Waals surface area contributed by atoms with Gasteiger partial charge in [0.15, 0.2) is 27.8 Å². The first-order valence-electron chi connectivity index (χ1n) is 16.8. The van der Waals surface area contributed by atoms with Crippen molar-refractivity contribution in [3.05, 3.63) is 153 Å². The van der Waals surface area contributed by atoms with Gasteiger partial charge in [-0.05, 0) is 43.2 Å². The van der Waals surface area contributed by atoms with Gasteiger partial charge in [-0.15, -0.1) is 0 Å². The molecule has 0 amide bonds. The fraction of sp³-hybridized carbons (Fsp3) is 0.205. The van der Waals surface area contributed by atoms with E-state index in [1.807, 2.05) is 60.7 Å². The minimum Gasteiger partial charge on any atom is -0.493 e. The lowest BCUT2D eigenvalue weighted by molar-refractivity contribution is -0.385. The molecule has 0 saturated carbocycles. The molecule has 0 aliphatic carbocycles. The molecule has 4 aromatic carbocycles. The first-order valence-corrected chi connectivity index (χ1v) is 17.6. The van der Waals surface area contributed by atoms with Crippen LogP contribution in [0.25, 0.3) is 11.8 Å². The maximum atomic E-state index is 14.0. The highest BCUT2D eigenvalue weighted by Gasteiger charge is 2.36. The summed E-state index contributed by atoms with van der Waals surface area (Å²) < 4.78 is 29.4. The number of rotatable bonds is 14. The van der Waals surface area contributed by atoms with Crippen LogP contribution >= 0.6 is 11.3 Å². The second kappa shape index (κ2) is 16.5. The summed E-state index contributed by atoms with van der Waals surface area (Å²) in [6.07, 6.45) is 1.33. The number of carbonyl (C=O) groups is 1. The fourth-order valence-corrected chi connectivity index (χ4v) is 7.01. The summed E-state index contributed by atoms with van der Waals surface area (Å²) in [5.74, 6) is -0.284. The van der Waals surface area contributed by atoms with Crippen LogP contribution in [0.2, 0.25) is 0 Å². The Morgan fingerprint density at radius 3 is 1.91 bits per heavy atom. The lowest BCUT2D eigenvalue weighted by atomic mass is 9.94. The van der Waals surface area contributed by atoms with Crippen molar-refractivity contribution in [2.24, 2.45) is 4.99 Å². The fourth-order valence-electron chi connectivity index (χ4n) is 5.98. The predicted molar refractivity (Wildman–Crippen MR) is 202 cm³/mol. The summed E-state index contributed by atoms with van der Waals surface area (Å²) in [7, 11) is 2.76. The van der Waals surface area contributed by atoms with E-state index in [4.69, 9.17) is 28.7 Å². The Morgan fingerprint density at radius 2 is 1.38 bits per heavy atom. The second-order valence-electron chi connectivity index (χ2n) is 12.0. The molecule has 1 aliphatic rings. The zero-order chi connectivity index (χ0) is 39.2. The minimum absolute atomic E-state index is 0.0135. The molecule has 282 valence electrons. The van der Waals surface area contributed by atoms with E-state index in [9.17, 15) is 29.8 Å². The van der Waals surface area contributed by atoms with Crippen LogP contribution < -0.4 is 33.8 Å². The monoisotopic (exact) mass is 766 g/mol. The third kappa shape index (κ3) is 7.94. The van der Waals surface area contributed by atoms with Gasteiger partial charge in [0.2, 0.25) is 0 Å². The van der Waals surface area contributed by atoms with E-state index < -0.39 is 33.1 Å². The molecular formula is C39H34N4O11S. The molecule has 0 saturated heterocycles. The molecule has 16 heteroatoms. The van der Waals surface area contributed by atoms with Crippen molar-refractivity contribution in [1.82, 2.24) is 4.57 Å². The Bertz CT molecular complexity index is 2500. The molecule has 6 rings (SSSR count). The number of methoxy groups -OCH3 is 2. The number of thiazole rings is 1. The van der Waals surface area contributed by atoms with Gasteiger partial charge in [0.05, 0.1) is 64.0 Å². The van der Waals surface area contributed by atoms with Gasteiger partial charge in [-0.25, -0.2) is 9.79 Å². The summed E-state index contributed by atoms with van der Waals surface area (Å²) in [6, 6.07) is 22.3. The van der Waals surface area contributed by atoms with Crippen molar-refractivity contribution in [2.75, 3.05) is 20.8 Å². The number of hydrogen-bond donors (Lipinski definition) is 0. The van der Waals surface area contributed by atoms with Crippen molar-refractivity contribution in [3.63, 3.8) is 0 Å². The first-order chi connectivity index (χ1) is 26.5. The van der Waals surface area contributed by atoms with Crippen molar-refractivity contribution in [3.8, 4) is 23.0 Å². The number of esters is 1. The molecule has 0 bridgehead atoms. The van der Waals surface area contributed by atoms with Crippen molar-refractivity contribution in [2.45, 2.75) is 33.1 Å². The second-order valence-corrected chi connectivity index (χ2v) is 13.0. The first kappa shape index (κ1) is 37.9. The molecule has 1 aromatic heterocycles.